The van der Waals surface area contributed by atoms with Gasteiger partial charge in [-0.3, -0.25) is 0 Å². The van der Waals surface area contributed by atoms with Crippen LogP contribution in [0.3, 0.4) is 0 Å². The molecule has 1 aliphatic carbocycles. The third-order valence-corrected chi connectivity index (χ3v) is 17.8. The quantitative estimate of drug-likeness (QED) is 0.414. The standard InChI is InChI=1S/C24H29Si.3CH3.Ti/c1-6-17-25(22-13-9-7-10-14-22,23-15-11-8-12-16-23)24(5)18-19(2)20(3)21(24)4;;;;/h7-16H,6,17H2,1-5H3;3*1H3;. The molecule has 0 amide bonds. The monoisotopic (exact) mass is 438 g/mol. The molecular weight excluding hydrogens is 400 g/mol. The Balaban J connectivity index is 2.50. The Morgan fingerprint density at radius 3 is 1.59 bits per heavy atom. The summed E-state index contributed by atoms with van der Waals surface area (Å²) < 4.78 is 1.85. The average molecular weight is 439 g/mol. The molecule has 1 unspecified atom stereocenters. The summed E-state index contributed by atoms with van der Waals surface area (Å²) in [5, 5.41) is 11.2. The van der Waals surface area contributed by atoms with Crippen molar-refractivity contribution in [1.82, 2.24) is 0 Å². The fraction of sp³-hybridized carbons (Fsp3) is 0.407. The van der Waals surface area contributed by atoms with Crippen molar-refractivity contribution in [3.05, 3.63) is 81.3 Å². The van der Waals surface area contributed by atoms with Crippen molar-refractivity contribution >= 4 is 18.4 Å². The minimum absolute atomic E-state index is 0.151. The average Bonchev–Trinajstić information content (AvgIpc) is 2.88. The Morgan fingerprint density at radius 1 is 0.759 bits per heavy atom. The van der Waals surface area contributed by atoms with Crippen molar-refractivity contribution in [3.63, 3.8) is 0 Å². The predicted molar refractivity (Wildman–Crippen MR) is 130 cm³/mol. The third-order valence-electron chi connectivity index (χ3n) is 7.51. The van der Waals surface area contributed by atoms with Gasteiger partial charge >= 0.3 is 184 Å². The van der Waals surface area contributed by atoms with Crippen LogP contribution in [0.15, 0.2) is 81.3 Å². The van der Waals surface area contributed by atoms with Crippen LogP contribution in [0.4, 0.5) is 0 Å². The van der Waals surface area contributed by atoms with Crippen LogP contribution < -0.4 is 10.4 Å². The van der Waals surface area contributed by atoms with Gasteiger partial charge < -0.3 is 0 Å². The molecule has 2 heteroatoms. The molecule has 2 aromatic carbocycles. The predicted octanol–water partition coefficient (Wildman–Crippen LogP) is 7.34. The fourth-order valence-electron chi connectivity index (χ4n) is 6.36. The Hall–Kier alpha value is -1.15. The van der Waals surface area contributed by atoms with E-state index in [-0.39, 0.29) is 5.04 Å². The van der Waals surface area contributed by atoms with Crippen LogP contribution in [0.25, 0.3) is 0 Å². The summed E-state index contributed by atoms with van der Waals surface area (Å²) in [6.45, 7) is 12.3. The second kappa shape index (κ2) is 8.17. The molecule has 0 heterocycles. The van der Waals surface area contributed by atoms with Crippen LogP contribution in [0.5, 0.6) is 0 Å². The molecule has 0 bridgehead atoms. The van der Waals surface area contributed by atoms with Crippen molar-refractivity contribution in [3.8, 4) is 0 Å². The number of hydrogen-bond acceptors (Lipinski definition) is 0. The molecule has 0 radical (unpaired) electrons. The maximum atomic E-state index is 2.63. The maximum absolute atomic E-state index is 2.63. The molecule has 0 aliphatic heterocycles. The molecule has 0 nitrogen and oxygen atoms in total. The van der Waals surface area contributed by atoms with E-state index in [1.165, 1.54) is 12.5 Å². The molecule has 29 heavy (non-hydrogen) atoms. The second-order valence-electron chi connectivity index (χ2n) is 10.0. The summed E-state index contributed by atoms with van der Waals surface area (Å²) in [6, 6.07) is 24.4. The van der Waals surface area contributed by atoms with Crippen molar-refractivity contribution in [2.45, 2.75) is 67.8 Å². The minimum atomic E-state index is -2.13. The van der Waals surface area contributed by atoms with Crippen LogP contribution in [0.1, 0.15) is 41.0 Å². The molecule has 0 fully saturated rings. The van der Waals surface area contributed by atoms with Crippen LogP contribution >= 0.6 is 0 Å². The molecule has 0 aromatic heterocycles. The third kappa shape index (κ3) is 3.40. The van der Waals surface area contributed by atoms with Crippen LogP contribution in [0, 0.1) is 0 Å². The van der Waals surface area contributed by atoms with Gasteiger partial charge in [0.2, 0.25) is 0 Å². The molecule has 0 N–H and O–H groups in total. The Labute approximate surface area is 183 Å². The van der Waals surface area contributed by atoms with E-state index in [4.69, 9.17) is 0 Å². The van der Waals surface area contributed by atoms with E-state index in [0.29, 0.717) is 0 Å². The summed E-state index contributed by atoms with van der Waals surface area (Å²) in [4.78, 5) is 0. The summed E-state index contributed by atoms with van der Waals surface area (Å²) in [7, 11) is -2.13. The van der Waals surface area contributed by atoms with Gasteiger partial charge in [-0.2, -0.15) is 0 Å². The Bertz CT molecular complexity index is 892. The molecule has 3 rings (SSSR count). The van der Waals surface area contributed by atoms with E-state index in [1.807, 2.05) is 3.88 Å². The van der Waals surface area contributed by atoms with Gasteiger partial charge in [0.05, 0.1) is 0 Å². The van der Waals surface area contributed by atoms with Crippen molar-refractivity contribution in [2.24, 2.45) is 0 Å². The van der Waals surface area contributed by atoms with Crippen molar-refractivity contribution in [1.29, 1.82) is 0 Å². The Kier molecular flexibility index (Phi) is 6.35. The zero-order valence-corrected chi connectivity index (χ0v) is 22.2. The van der Waals surface area contributed by atoms with Gasteiger partial charge in [-0.05, 0) is 0 Å². The summed E-state index contributed by atoms with van der Waals surface area (Å²) in [5.41, 5.74) is 4.80. The van der Waals surface area contributed by atoms with Gasteiger partial charge in [-0.15, -0.1) is 0 Å². The molecule has 0 saturated carbocycles. The van der Waals surface area contributed by atoms with E-state index < -0.39 is 24.7 Å². The first kappa shape index (κ1) is 22.5. The summed E-state index contributed by atoms with van der Waals surface area (Å²) >= 11 is -2.12. The van der Waals surface area contributed by atoms with E-state index in [0.717, 1.165) is 0 Å². The first-order valence-corrected chi connectivity index (χ1v) is 18.8. The van der Waals surface area contributed by atoms with E-state index in [1.54, 1.807) is 27.1 Å². The van der Waals surface area contributed by atoms with Gasteiger partial charge in [0.25, 0.3) is 0 Å². The van der Waals surface area contributed by atoms with Crippen LogP contribution in [0.2, 0.25) is 26.8 Å². The van der Waals surface area contributed by atoms with E-state index >= 15 is 0 Å². The number of rotatable bonds is 6. The van der Waals surface area contributed by atoms with E-state index in [2.05, 4.69) is 111 Å². The fourth-order valence-corrected chi connectivity index (χ4v) is 19.9. The van der Waals surface area contributed by atoms with Gasteiger partial charge in [0.15, 0.2) is 0 Å². The van der Waals surface area contributed by atoms with Crippen LogP contribution in [-0.2, 0) is 16.6 Å². The number of allylic oxidation sites excluding steroid dienone is 4. The number of benzene rings is 2. The van der Waals surface area contributed by atoms with Crippen molar-refractivity contribution < 1.29 is 16.6 Å². The molecule has 0 saturated heterocycles. The van der Waals surface area contributed by atoms with E-state index in [9.17, 15) is 0 Å². The first-order chi connectivity index (χ1) is 13.6. The second-order valence-corrected chi connectivity index (χ2v) is 22.3. The SMILES string of the molecule is CCC[Si](c1ccccc1)(c1ccccc1)C1(C)C(C)=C(C)C(C)=[C]1[Ti]([CH3])([CH3])[CH3]. The topological polar surface area (TPSA) is 0 Å². The number of hydrogen-bond donors (Lipinski definition) is 0. The van der Waals surface area contributed by atoms with Gasteiger partial charge in [0.1, 0.15) is 0 Å². The van der Waals surface area contributed by atoms with Gasteiger partial charge in [-0.25, -0.2) is 0 Å². The van der Waals surface area contributed by atoms with Crippen LogP contribution in [-0.4, -0.2) is 8.07 Å². The summed E-state index contributed by atoms with van der Waals surface area (Å²) in [5.74, 6) is 0. The zero-order valence-electron chi connectivity index (χ0n) is 19.7. The van der Waals surface area contributed by atoms with Crippen molar-refractivity contribution in [2.75, 3.05) is 0 Å². The first-order valence-electron chi connectivity index (χ1n) is 11.1. The molecule has 1 aliphatic rings. The summed E-state index contributed by atoms with van der Waals surface area (Å²) in [6.07, 6.45) is 1.22. The Morgan fingerprint density at radius 2 is 1.21 bits per heavy atom. The molecule has 154 valence electrons. The van der Waals surface area contributed by atoms with Gasteiger partial charge in [0, 0.05) is 0 Å². The molecule has 2 aromatic rings. The molecule has 0 spiro atoms. The molecular formula is C27H38SiTi. The zero-order chi connectivity index (χ0) is 21.4. The van der Waals surface area contributed by atoms with Gasteiger partial charge in [-0.1, -0.05) is 0 Å². The molecule has 1 atom stereocenters. The normalized spacial score (nSPS) is 20.6.